The highest BCUT2D eigenvalue weighted by Gasteiger charge is 2.40. The molecular weight excluding hydrogens is 542 g/mol. The normalized spacial score (nSPS) is 18.5. The van der Waals surface area contributed by atoms with Crippen molar-refractivity contribution in [2.75, 3.05) is 45.7 Å². The number of aldehydes is 1. The number of hydrogen-bond donors (Lipinski definition) is 3. The van der Waals surface area contributed by atoms with E-state index in [2.05, 4.69) is 29.8 Å². The first-order valence-corrected chi connectivity index (χ1v) is 14.5. The van der Waals surface area contributed by atoms with Crippen molar-refractivity contribution in [2.24, 2.45) is 5.92 Å². The molecule has 1 aromatic rings. The van der Waals surface area contributed by atoms with Gasteiger partial charge in [0.1, 0.15) is 12.9 Å². The van der Waals surface area contributed by atoms with Crippen LogP contribution >= 0.6 is 0 Å². The molecule has 1 aromatic carbocycles. The van der Waals surface area contributed by atoms with E-state index in [-0.39, 0.29) is 62.1 Å². The minimum atomic E-state index is -0.396. The quantitative estimate of drug-likeness (QED) is 0.175. The molecule has 0 aromatic heterocycles. The number of anilines is 1. The molecule has 4 amide bonds. The first-order chi connectivity index (χ1) is 20.1. The molecule has 1 aliphatic heterocycles. The van der Waals surface area contributed by atoms with E-state index in [0.29, 0.717) is 31.6 Å². The fourth-order valence-electron chi connectivity index (χ4n) is 5.39. The van der Waals surface area contributed by atoms with Crippen LogP contribution in [0.4, 0.5) is 10.5 Å². The first kappa shape index (κ1) is 34.7. The highest BCUT2D eigenvalue weighted by atomic mass is 16.6. The Morgan fingerprint density at radius 3 is 2.50 bits per heavy atom. The van der Waals surface area contributed by atoms with Gasteiger partial charge in [-0.25, -0.2) is 4.79 Å². The van der Waals surface area contributed by atoms with Crippen molar-refractivity contribution < 1.29 is 33.4 Å². The second-order valence-electron chi connectivity index (χ2n) is 11.0. The second-order valence-corrected chi connectivity index (χ2v) is 11.0. The van der Waals surface area contributed by atoms with E-state index in [4.69, 9.17) is 9.47 Å². The van der Waals surface area contributed by atoms with E-state index in [1.807, 2.05) is 6.92 Å². The predicted molar refractivity (Wildman–Crippen MR) is 159 cm³/mol. The molecule has 3 unspecified atom stereocenters. The fraction of sp³-hybridized carbons (Fsp3) is 0.633. The van der Waals surface area contributed by atoms with Crippen molar-refractivity contribution in [1.82, 2.24) is 20.4 Å². The van der Waals surface area contributed by atoms with E-state index in [9.17, 15) is 24.0 Å². The number of amides is 4. The van der Waals surface area contributed by atoms with Gasteiger partial charge in [0.05, 0.1) is 25.2 Å². The van der Waals surface area contributed by atoms with E-state index in [1.54, 1.807) is 48.2 Å². The van der Waals surface area contributed by atoms with Crippen molar-refractivity contribution in [1.29, 1.82) is 0 Å². The lowest BCUT2D eigenvalue weighted by Gasteiger charge is -2.37. The molecule has 42 heavy (non-hydrogen) atoms. The van der Waals surface area contributed by atoms with Gasteiger partial charge in [-0.3, -0.25) is 14.4 Å². The van der Waals surface area contributed by atoms with Crippen LogP contribution < -0.4 is 16.0 Å². The molecule has 0 bridgehead atoms. The molecule has 4 atom stereocenters. The highest BCUT2D eigenvalue weighted by molar-refractivity contribution is 5.93. The number of rotatable bonds is 18. The van der Waals surface area contributed by atoms with Crippen LogP contribution in [0, 0.1) is 5.92 Å². The SMILES string of the molecule is CCC(C)C(C(CC=O)OC)N(C)C(=O)CNCC[C@]1(C)CCCN1C(=O)OCc1ccc(NC(=O)CNC=O)cc1. The summed E-state index contributed by atoms with van der Waals surface area (Å²) in [6.07, 6.45) is 3.98. The monoisotopic (exact) mass is 589 g/mol. The van der Waals surface area contributed by atoms with E-state index in [0.717, 1.165) is 31.1 Å². The highest BCUT2D eigenvalue weighted by Crippen LogP contribution is 2.32. The molecule has 0 saturated carbocycles. The minimum Gasteiger partial charge on any atom is -0.445 e. The lowest BCUT2D eigenvalue weighted by molar-refractivity contribution is -0.136. The molecule has 12 heteroatoms. The number of methoxy groups -OCH3 is 1. The third-order valence-electron chi connectivity index (χ3n) is 8.11. The Labute approximate surface area is 248 Å². The van der Waals surface area contributed by atoms with Gasteiger partial charge >= 0.3 is 6.09 Å². The Balaban J connectivity index is 1.85. The summed E-state index contributed by atoms with van der Waals surface area (Å²) in [4.78, 5) is 62.6. The van der Waals surface area contributed by atoms with Gasteiger partial charge in [-0.2, -0.15) is 0 Å². The van der Waals surface area contributed by atoms with Crippen LogP contribution in [0.3, 0.4) is 0 Å². The molecule has 12 nitrogen and oxygen atoms in total. The molecule has 3 N–H and O–H groups in total. The molecule has 1 saturated heterocycles. The summed E-state index contributed by atoms with van der Waals surface area (Å²) < 4.78 is 11.1. The van der Waals surface area contributed by atoms with Crippen molar-refractivity contribution in [2.45, 2.75) is 77.2 Å². The van der Waals surface area contributed by atoms with Crippen LogP contribution in [0.2, 0.25) is 0 Å². The minimum absolute atomic E-state index is 0.0793. The summed E-state index contributed by atoms with van der Waals surface area (Å²) in [6.45, 7) is 7.41. The number of nitrogens with one attached hydrogen (secondary N) is 3. The van der Waals surface area contributed by atoms with Gasteiger partial charge in [-0.15, -0.1) is 0 Å². The van der Waals surface area contributed by atoms with E-state index in [1.165, 1.54) is 0 Å². The largest absolute Gasteiger partial charge is 0.445 e. The molecule has 2 rings (SSSR count). The van der Waals surface area contributed by atoms with Crippen LogP contribution in [0.25, 0.3) is 0 Å². The van der Waals surface area contributed by atoms with Gasteiger partial charge in [0.15, 0.2) is 0 Å². The third-order valence-corrected chi connectivity index (χ3v) is 8.11. The van der Waals surface area contributed by atoms with Gasteiger partial charge in [-0.05, 0) is 56.3 Å². The number of ether oxygens (including phenoxy) is 2. The van der Waals surface area contributed by atoms with Crippen molar-refractivity contribution >= 4 is 36.3 Å². The molecular formula is C30H47N5O7. The molecule has 0 radical (unpaired) electrons. The maximum Gasteiger partial charge on any atom is 0.410 e. The number of hydrogen-bond acceptors (Lipinski definition) is 8. The summed E-state index contributed by atoms with van der Waals surface area (Å²) in [6, 6.07) is 6.72. The van der Waals surface area contributed by atoms with Crippen molar-refractivity contribution in [3.63, 3.8) is 0 Å². The lowest BCUT2D eigenvalue weighted by Crippen LogP contribution is -2.52. The van der Waals surface area contributed by atoms with Gasteiger partial charge in [-0.1, -0.05) is 32.4 Å². The molecule has 1 heterocycles. The van der Waals surface area contributed by atoms with Crippen LogP contribution in [-0.4, -0.2) is 98.4 Å². The maximum absolute atomic E-state index is 13.0. The maximum atomic E-state index is 13.0. The number of carbonyl (C=O) groups excluding carboxylic acids is 5. The summed E-state index contributed by atoms with van der Waals surface area (Å²) in [7, 11) is 3.32. The molecule has 1 aliphatic rings. The van der Waals surface area contributed by atoms with Gasteiger partial charge < -0.3 is 40.0 Å². The average molecular weight is 590 g/mol. The van der Waals surface area contributed by atoms with Crippen molar-refractivity contribution in [3.05, 3.63) is 29.8 Å². The third kappa shape index (κ3) is 10.1. The van der Waals surface area contributed by atoms with Crippen LogP contribution in [-0.2, 0) is 35.3 Å². The van der Waals surface area contributed by atoms with Gasteiger partial charge in [0.2, 0.25) is 18.2 Å². The fourth-order valence-corrected chi connectivity index (χ4v) is 5.39. The standard InChI is InChI=1S/C30H47N5O7/c1-6-22(2)28(25(41-5)12-17-36)34(4)27(39)19-31-15-14-30(3)13-7-16-35(30)29(40)42-20-23-8-10-24(11-9-23)33-26(38)18-32-21-37/h8-11,17,21-22,25,28,31H,6-7,12-16,18-20H2,1-5H3,(H,32,37)(H,33,38)/t22?,25?,28?,30-/m0/s1. The smallest absolute Gasteiger partial charge is 0.410 e. The molecule has 1 fully saturated rings. The zero-order valence-corrected chi connectivity index (χ0v) is 25.5. The lowest BCUT2D eigenvalue weighted by atomic mass is 9.91. The molecule has 0 spiro atoms. The number of likely N-dealkylation sites (tertiary alicyclic amines) is 1. The van der Waals surface area contributed by atoms with Gasteiger partial charge in [0.25, 0.3) is 0 Å². The van der Waals surface area contributed by atoms with Crippen LogP contribution in [0.15, 0.2) is 24.3 Å². The van der Waals surface area contributed by atoms with Crippen LogP contribution in [0.5, 0.6) is 0 Å². The Bertz CT molecular complexity index is 1040. The number of likely N-dealkylation sites (N-methyl/N-ethyl adjacent to an activating group) is 1. The molecule has 0 aliphatic carbocycles. The van der Waals surface area contributed by atoms with E-state index < -0.39 is 5.54 Å². The van der Waals surface area contributed by atoms with Crippen molar-refractivity contribution in [3.8, 4) is 0 Å². The predicted octanol–water partition coefficient (Wildman–Crippen LogP) is 2.32. The number of carbonyl (C=O) groups is 5. The summed E-state index contributed by atoms with van der Waals surface area (Å²) >= 11 is 0. The second kappa shape index (κ2) is 17.4. The zero-order chi connectivity index (χ0) is 31.1. The topological polar surface area (TPSA) is 146 Å². The zero-order valence-electron chi connectivity index (χ0n) is 25.5. The first-order valence-electron chi connectivity index (χ1n) is 14.5. The number of benzene rings is 1. The Morgan fingerprint density at radius 2 is 1.88 bits per heavy atom. The van der Waals surface area contributed by atoms with Crippen LogP contribution in [0.1, 0.15) is 58.4 Å². The Hall–Kier alpha value is -3.51. The molecule has 234 valence electrons. The number of nitrogens with zero attached hydrogens (tertiary/aromatic N) is 2. The Morgan fingerprint density at radius 1 is 1.17 bits per heavy atom. The van der Waals surface area contributed by atoms with Gasteiger partial charge in [0, 0.05) is 38.3 Å². The van der Waals surface area contributed by atoms with E-state index >= 15 is 0 Å². The average Bonchev–Trinajstić information content (AvgIpc) is 3.38. The summed E-state index contributed by atoms with van der Waals surface area (Å²) in [5.74, 6) is -0.259. The summed E-state index contributed by atoms with van der Waals surface area (Å²) in [5, 5.41) is 8.20. The Kier molecular flexibility index (Phi) is 14.4. The summed E-state index contributed by atoms with van der Waals surface area (Å²) in [5.41, 5.74) is 0.951.